The van der Waals surface area contributed by atoms with Crippen LogP contribution in [0.5, 0.6) is 0 Å². The van der Waals surface area contributed by atoms with Crippen molar-refractivity contribution in [2.75, 3.05) is 12.8 Å². The second kappa shape index (κ2) is 3.84. The summed E-state index contributed by atoms with van der Waals surface area (Å²) in [5.74, 6) is 0.344. The fourth-order valence-electron chi connectivity index (χ4n) is 0.804. The molecule has 0 spiro atoms. The summed E-state index contributed by atoms with van der Waals surface area (Å²) in [5, 5.41) is 3.56. The van der Waals surface area contributed by atoms with E-state index in [1.807, 2.05) is 0 Å². The van der Waals surface area contributed by atoms with Crippen molar-refractivity contribution < 1.29 is 12.9 Å². The van der Waals surface area contributed by atoms with Crippen molar-refractivity contribution in [3.8, 4) is 0 Å². The lowest BCUT2D eigenvalue weighted by Gasteiger charge is -1.88. The Morgan fingerprint density at radius 1 is 1.54 bits per heavy atom. The zero-order valence-corrected chi connectivity index (χ0v) is 8.04. The molecule has 0 unspecified atom stereocenters. The Balaban J connectivity index is 2.69. The fraction of sp³-hybridized carbons (Fsp3) is 0.667. The molecule has 0 aliphatic carbocycles. The lowest BCUT2D eigenvalue weighted by Crippen LogP contribution is -2.04. The van der Waals surface area contributed by atoms with Crippen LogP contribution in [-0.4, -0.2) is 31.4 Å². The number of rotatable bonds is 4. The minimum Gasteiger partial charge on any atom is -0.338 e. The first-order valence-corrected chi connectivity index (χ1v) is 5.76. The van der Waals surface area contributed by atoms with Gasteiger partial charge in [-0.25, -0.2) is 8.42 Å². The minimum absolute atomic E-state index is 0.117. The average Bonchev–Trinajstić information content (AvgIpc) is 2.33. The number of nitrogens with two attached hydrogens (primary N) is 1. The van der Waals surface area contributed by atoms with Gasteiger partial charge in [-0.05, 0) is 6.54 Å². The molecule has 0 saturated carbocycles. The predicted octanol–water partition coefficient (Wildman–Crippen LogP) is -0.885. The van der Waals surface area contributed by atoms with Gasteiger partial charge in [-0.2, -0.15) is 4.98 Å². The molecule has 0 aromatic carbocycles. The largest absolute Gasteiger partial charge is 0.338 e. The number of sulfone groups is 1. The van der Waals surface area contributed by atoms with E-state index in [1.165, 1.54) is 0 Å². The van der Waals surface area contributed by atoms with Gasteiger partial charge in [0.1, 0.15) is 5.75 Å². The van der Waals surface area contributed by atoms with Crippen LogP contribution in [0.25, 0.3) is 0 Å². The van der Waals surface area contributed by atoms with Crippen molar-refractivity contribution in [3.63, 3.8) is 0 Å². The third-order valence-electron chi connectivity index (χ3n) is 1.26. The van der Waals surface area contributed by atoms with Crippen LogP contribution in [0.1, 0.15) is 11.7 Å². The van der Waals surface area contributed by atoms with Gasteiger partial charge in [0.25, 0.3) is 0 Å². The van der Waals surface area contributed by atoms with E-state index in [0.29, 0.717) is 18.8 Å². The maximum Gasteiger partial charge on any atom is 0.241 e. The summed E-state index contributed by atoms with van der Waals surface area (Å²) in [6, 6.07) is 0. The molecule has 0 atom stereocenters. The zero-order chi connectivity index (χ0) is 9.90. The summed E-state index contributed by atoms with van der Waals surface area (Å²) in [6.07, 6.45) is 1.60. The molecule has 1 rings (SSSR count). The highest BCUT2D eigenvalue weighted by Gasteiger charge is 2.11. The predicted molar refractivity (Wildman–Crippen MR) is 45.6 cm³/mol. The molecule has 0 aliphatic heterocycles. The highest BCUT2D eigenvalue weighted by molar-refractivity contribution is 7.89. The van der Waals surface area contributed by atoms with E-state index in [-0.39, 0.29) is 11.6 Å². The van der Waals surface area contributed by atoms with Gasteiger partial charge in [0.2, 0.25) is 5.89 Å². The van der Waals surface area contributed by atoms with Crippen LogP contribution >= 0.6 is 0 Å². The first-order valence-electron chi connectivity index (χ1n) is 3.70. The number of nitrogens with zero attached hydrogens (tertiary/aromatic N) is 2. The first-order chi connectivity index (χ1) is 6.01. The molecule has 0 amide bonds. The topological polar surface area (TPSA) is 99.1 Å². The summed E-state index contributed by atoms with van der Waals surface area (Å²) < 4.78 is 26.3. The second-order valence-corrected chi connectivity index (χ2v) is 4.85. The van der Waals surface area contributed by atoms with Crippen molar-refractivity contribution >= 4 is 9.84 Å². The SMILES string of the molecule is CS(=O)(=O)Cc1nc(CCN)no1. The Morgan fingerprint density at radius 2 is 2.23 bits per heavy atom. The third-order valence-corrected chi connectivity index (χ3v) is 2.04. The zero-order valence-electron chi connectivity index (χ0n) is 7.23. The van der Waals surface area contributed by atoms with Gasteiger partial charge < -0.3 is 10.3 Å². The molecule has 0 fully saturated rings. The van der Waals surface area contributed by atoms with Crippen LogP contribution in [0, 0.1) is 0 Å². The maximum absolute atomic E-state index is 10.8. The van der Waals surface area contributed by atoms with Crippen molar-refractivity contribution in [1.82, 2.24) is 10.1 Å². The molecule has 13 heavy (non-hydrogen) atoms. The van der Waals surface area contributed by atoms with Crippen LogP contribution in [0.3, 0.4) is 0 Å². The van der Waals surface area contributed by atoms with Crippen LogP contribution in [-0.2, 0) is 22.0 Å². The third kappa shape index (κ3) is 3.51. The Kier molecular flexibility index (Phi) is 2.99. The average molecular weight is 205 g/mol. The summed E-state index contributed by atoms with van der Waals surface area (Å²) in [5.41, 5.74) is 5.26. The van der Waals surface area contributed by atoms with E-state index < -0.39 is 9.84 Å². The van der Waals surface area contributed by atoms with Gasteiger partial charge in [0.15, 0.2) is 15.7 Å². The Bertz CT molecular complexity index is 370. The van der Waals surface area contributed by atoms with Crippen molar-refractivity contribution in [2.45, 2.75) is 12.2 Å². The molecule has 0 bridgehead atoms. The summed E-state index contributed by atoms with van der Waals surface area (Å²) in [7, 11) is -3.11. The minimum atomic E-state index is -3.11. The van der Waals surface area contributed by atoms with E-state index in [1.54, 1.807) is 0 Å². The van der Waals surface area contributed by atoms with Gasteiger partial charge in [0.05, 0.1) is 0 Å². The second-order valence-electron chi connectivity index (χ2n) is 2.71. The normalized spacial score (nSPS) is 11.8. The number of aromatic nitrogens is 2. The van der Waals surface area contributed by atoms with Gasteiger partial charge in [0, 0.05) is 12.7 Å². The lowest BCUT2D eigenvalue weighted by atomic mass is 10.4. The molecular weight excluding hydrogens is 194 g/mol. The van der Waals surface area contributed by atoms with Crippen LogP contribution < -0.4 is 5.73 Å². The number of hydrogen-bond donors (Lipinski definition) is 1. The van der Waals surface area contributed by atoms with E-state index >= 15 is 0 Å². The van der Waals surface area contributed by atoms with Crippen molar-refractivity contribution in [2.24, 2.45) is 5.73 Å². The maximum atomic E-state index is 10.8. The quantitative estimate of drug-likeness (QED) is 0.685. The van der Waals surface area contributed by atoms with Gasteiger partial charge in [-0.15, -0.1) is 0 Å². The molecule has 0 radical (unpaired) electrons. The lowest BCUT2D eigenvalue weighted by molar-refractivity contribution is 0.383. The van der Waals surface area contributed by atoms with Crippen molar-refractivity contribution in [1.29, 1.82) is 0 Å². The Hall–Kier alpha value is -0.950. The molecule has 0 aliphatic rings. The molecule has 2 N–H and O–H groups in total. The van der Waals surface area contributed by atoms with Crippen LogP contribution in [0.2, 0.25) is 0 Å². The molecular formula is C6H11N3O3S. The fourth-order valence-corrected chi connectivity index (χ4v) is 1.37. The first kappa shape index (κ1) is 10.1. The Morgan fingerprint density at radius 3 is 2.77 bits per heavy atom. The highest BCUT2D eigenvalue weighted by Crippen LogP contribution is 2.02. The van der Waals surface area contributed by atoms with Gasteiger partial charge in [-0.3, -0.25) is 0 Å². The van der Waals surface area contributed by atoms with Crippen LogP contribution in [0.4, 0.5) is 0 Å². The molecule has 6 nitrogen and oxygen atoms in total. The standard InChI is InChI=1S/C6H11N3O3S/c1-13(10,11)4-6-8-5(2-3-7)9-12-6/h2-4,7H2,1H3. The van der Waals surface area contributed by atoms with E-state index in [9.17, 15) is 8.42 Å². The summed E-state index contributed by atoms with van der Waals surface area (Å²) in [6.45, 7) is 0.415. The summed E-state index contributed by atoms with van der Waals surface area (Å²) >= 11 is 0. The van der Waals surface area contributed by atoms with Crippen molar-refractivity contribution in [3.05, 3.63) is 11.7 Å². The molecule has 0 saturated heterocycles. The molecule has 1 heterocycles. The van der Waals surface area contributed by atoms with Crippen LogP contribution in [0.15, 0.2) is 4.52 Å². The monoisotopic (exact) mass is 205 g/mol. The summed E-state index contributed by atoms with van der Waals surface area (Å²) in [4.78, 5) is 3.85. The molecule has 74 valence electrons. The molecule has 1 aromatic heterocycles. The van der Waals surface area contributed by atoms with E-state index in [0.717, 1.165) is 6.26 Å². The molecule has 7 heteroatoms. The van der Waals surface area contributed by atoms with Gasteiger partial charge >= 0.3 is 0 Å². The number of hydrogen-bond acceptors (Lipinski definition) is 6. The van der Waals surface area contributed by atoms with Gasteiger partial charge in [-0.1, -0.05) is 5.16 Å². The van der Waals surface area contributed by atoms with E-state index in [2.05, 4.69) is 10.1 Å². The molecule has 1 aromatic rings. The Labute approximate surface area is 76.0 Å². The highest BCUT2D eigenvalue weighted by atomic mass is 32.2. The van der Waals surface area contributed by atoms with E-state index in [4.69, 9.17) is 10.3 Å². The smallest absolute Gasteiger partial charge is 0.241 e.